The lowest BCUT2D eigenvalue weighted by atomic mass is 10.1. The van der Waals surface area contributed by atoms with Crippen LogP contribution in [0.4, 0.5) is 0 Å². The number of nitrogens with zero attached hydrogens (tertiary/aromatic N) is 3. The van der Waals surface area contributed by atoms with Crippen LogP contribution in [0.15, 0.2) is 60.8 Å². The number of hydrogen-bond donors (Lipinski definition) is 0. The lowest BCUT2D eigenvalue weighted by Gasteiger charge is -2.08. The second-order valence-corrected chi connectivity index (χ2v) is 7.01. The molecule has 0 amide bonds. The summed E-state index contributed by atoms with van der Waals surface area (Å²) in [4.78, 5) is 4.40. The van der Waals surface area contributed by atoms with E-state index in [1.165, 1.54) is 0 Å². The number of rotatable bonds is 6. The van der Waals surface area contributed by atoms with Crippen LogP contribution in [0.1, 0.15) is 5.56 Å². The second-order valence-electron chi connectivity index (χ2n) is 6.16. The van der Waals surface area contributed by atoms with Gasteiger partial charge in [-0.1, -0.05) is 35.3 Å². The van der Waals surface area contributed by atoms with E-state index in [1.807, 2.05) is 54.6 Å². The summed E-state index contributed by atoms with van der Waals surface area (Å²) < 4.78 is 12.8. The molecule has 2 aromatic heterocycles. The maximum atomic E-state index is 6.26. The topological polar surface area (TPSA) is 48.7 Å². The lowest BCUT2D eigenvalue weighted by molar-refractivity contribution is 0.305. The molecule has 0 radical (unpaired) electrons. The van der Waals surface area contributed by atoms with E-state index in [2.05, 4.69) is 10.1 Å². The molecule has 2 heterocycles. The molecule has 0 aliphatic heterocycles. The monoisotopic (exact) mass is 413 g/mol. The molecule has 4 aromatic rings. The van der Waals surface area contributed by atoms with Crippen LogP contribution in [0, 0.1) is 0 Å². The zero-order valence-corrected chi connectivity index (χ0v) is 16.6. The molecule has 2 aromatic carbocycles. The van der Waals surface area contributed by atoms with Gasteiger partial charge < -0.3 is 9.47 Å². The van der Waals surface area contributed by atoms with Gasteiger partial charge in [-0.05, 0) is 42.0 Å². The van der Waals surface area contributed by atoms with Gasteiger partial charge in [-0.15, -0.1) is 5.10 Å². The van der Waals surface area contributed by atoms with Crippen LogP contribution >= 0.6 is 23.2 Å². The van der Waals surface area contributed by atoms with E-state index in [1.54, 1.807) is 17.8 Å². The van der Waals surface area contributed by atoms with Crippen LogP contribution in [-0.4, -0.2) is 28.3 Å². The fourth-order valence-corrected chi connectivity index (χ4v) is 3.39. The van der Waals surface area contributed by atoms with Gasteiger partial charge in [-0.2, -0.15) is 0 Å². The molecule has 0 saturated heterocycles. The van der Waals surface area contributed by atoms with Gasteiger partial charge in [0.05, 0.1) is 30.6 Å². The number of hydrogen-bond acceptors (Lipinski definition) is 4. The SMILES string of the molecule is COc1ccc(-c2cnc3ccc(OCCc4cccc(Cl)c4)nn23)cc1Cl. The minimum atomic E-state index is 0.497. The highest BCUT2D eigenvalue weighted by atomic mass is 35.5. The summed E-state index contributed by atoms with van der Waals surface area (Å²) in [5.41, 5.74) is 3.55. The van der Waals surface area contributed by atoms with Gasteiger partial charge in [0.1, 0.15) is 5.75 Å². The summed E-state index contributed by atoms with van der Waals surface area (Å²) in [6.45, 7) is 0.497. The Morgan fingerprint density at radius 1 is 1.04 bits per heavy atom. The Morgan fingerprint density at radius 2 is 1.93 bits per heavy atom. The minimum Gasteiger partial charge on any atom is -0.495 e. The van der Waals surface area contributed by atoms with Crippen LogP contribution in [0.25, 0.3) is 16.9 Å². The molecular formula is C21H17Cl2N3O2. The maximum absolute atomic E-state index is 6.26. The maximum Gasteiger partial charge on any atom is 0.231 e. The van der Waals surface area contributed by atoms with E-state index >= 15 is 0 Å². The Bertz CT molecular complexity index is 1130. The molecule has 0 atom stereocenters. The smallest absolute Gasteiger partial charge is 0.231 e. The number of fused-ring (bicyclic) bond motifs is 1. The molecule has 7 heteroatoms. The summed E-state index contributed by atoms with van der Waals surface area (Å²) in [5.74, 6) is 1.14. The zero-order chi connectivity index (χ0) is 19.5. The highest BCUT2D eigenvalue weighted by Crippen LogP contribution is 2.30. The van der Waals surface area contributed by atoms with Crippen LogP contribution in [-0.2, 0) is 6.42 Å². The van der Waals surface area contributed by atoms with Crippen molar-refractivity contribution in [3.8, 4) is 22.9 Å². The highest BCUT2D eigenvalue weighted by Gasteiger charge is 2.11. The molecule has 4 rings (SSSR count). The Kier molecular flexibility index (Phi) is 5.37. The molecule has 0 fully saturated rings. The van der Waals surface area contributed by atoms with Gasteiger partial charge in [0.15, 0.2) is 5.65 Å². The fraction of sp³-hybridized carbons (Fsp3) is 0.143. The van der Waals surface area contributed by atoms with E-state index in [0.29, 0.717) is 23.3 Å². The Labute approximate surface area is 172 Å². The summed E-state index contributed by atoms with van der Waals surface area (Å²) in [6, 6.07) is 17.0. The third kappa shape index (κ3) is 3.91. The van der Waals surface area contributed by atoms with Crippen LogP contribution < -0.4 is 9.47 Å². The summed E-state index contributed by atoms with van der Waals surface area (Å²) in [7, 11) is 1.59. The van der Waals surface area contributed by atoms with Gasteiger partial charge in [0.2, 0.25) is 5.88 Å². The van der Waals surface area contributed by atoms with Crippen molar-refractivity contribution in [3.63, 3.8) is 0 Å². The first kappa shape index (κ1) is 18.6. The molecule has 142 valence electrons. The summed E-state index contributed by atoms with van der Waals surface area (Å²) in [5, 5.41) is 5.82. The van der Waals surface area contributed by atoms with Crippen molar-refractivity contribution < 1.29 is 9.47 Å². The minimum absolute atomic E-state index is 0.497. The second kappa shape index (κ2) is 8.09. The average Bonchev–Trinajstić information content (AvgIpc) is 3.11. The van der Waals surface area contributed by atoms with Crippen LogP contribution in [0.2, 0.25) is 10.0 Å². The van der Waals surface area contributed by atoms with Crippen molar-refractivity contribution in [2.24, 2.45) is 0 Å². The Morgan fingerprint density at radius 3 is 2.71 bits per heavy atom. The predicted molar refractivity (Wildman–Crippen MR) is 111 cm³/mol. The quantitative estimate of drug-likeness (QED) is 0.428. The van der Waals surface area contributed by atoms with Crippen molar-refractivity contribution in [1.29, 1.82) is 0 Å². The standard InChI is InChI=1S/C21H17Cl2N3O2/c1-27-19-6-5-15(12-17(19)23)18-13-24-20-7-8-21(25-26(18)20)28-10-9-14-3-2-4-16(22)11-14/h2-8,11-13H,9-10H2,1H3. The van der Waals surface area contributed by atoms with Crippen molar-refractivity contribution in [3.05, 3.63) is 76.4 Å². The van der Waals surface area contributed by atoms with E-state index < -0.39 is 0 Å². The summed E-state index contributed by atoms with van der Waals surface area (Å²) >= 11 is 12.3. The van der Waals surface area contributed by atoms with Crippen molar-refractivity contribution in [2.75, 3.05) is 13.7 Å². The van der Waals surface area contributed by atoms with Crippen molar-refractivity contribution >= 4 is 28.8 Å². The first-order chi connectivity index (χ1) is 13.6. The third-order valence-corrected chi connectivity index (χ3v) is 4.85. The first-order valence-electron chi connectivity index (χ1n) is 8.70. The Balaban J connectivity index is 1.55. The molecule has 0 saturated carbocycles. The molecular weight excluding hydrogens is 397 g/mol. The predicted octanol–water partition coefficient (Wildman–Crippen LogP) is 5.33. The molecule has 0 spiro atoms. The molecule has 0 bridgehead atoms. The molecule has 0 N–H and O–H groups in total. The van der Waals surface area contributed by atoms with Gasteiger partial charge in [0, 0.05) is 23.1 Å². The van der Waals surface area contributed by atoms with Crippen molar-refractivity contribution in [2.45, 2.75) is 6.42 Å². The van der Waals surface area contributed by atoms with E-state index in [-0.39, 0.29) is 0 Å². The van der Waals surface area contributed by atoms with Gasteiger partial charge in [-0.25, -0.2) is 9.50 Å². The van der Waals surface area contributed by atoms with Crippen molar-refractivity contribution in [1.82, 2.24) is 14.6 Å². The molecule has 28 heavy (non-hydrogen) atoms. The molecule has 5 nitrogen and oxygen atoms in total. The van der Waals surface area contributed by atoms with Gasteiger partial charge in [-0.3, -0.25) is 0 Å². The molecule has 0 aliphatic rings. The van der Waals surface area contributed by atoms with Crippen LogP contribution in [0.5, 0.6) is 11.6 Å². The number of imidazole rings is 1. The average molecular weight is 414 g/mol. The van der Waals surface area contributed by atoms with E-state index in [9.17, 15) is 0 Å². The summed E-state index contributed by atoms with van der Waals surface area (Å²) in [6.07, 6.45) is 2.50. The Hall–Kier alpha value is -2.76. The first-order valence-corrected chi connectivity index (χ1v) is 9.45. The highest BCUT2D eigenvalue weighted by molar-refractivity contribution is 6.32. The largest absolute Gasteiger partial charge is 0.495 e. The number of aromatic nitrogens is 3. The van der Waals surface area contributed by atoms with Gasteiger partial charge in [0.25, 0.3) is 0 Å². The number of ether oxygens (including phenoxy) is 2. The van der Waals surface area contributed by atoms with Crippen LogP contribution in [0.3, 0.4) is 0 Å². The lowest BCUT2D eigenvalue weighted by Crippen LogP contribution is -2.05. The van der Waals surface area contributed by atoms with E-state index in [4.69, 9.17) is 32.7 Å². The molecule has 0 aliphatic carbocycles. The zero-order valence-electron chi connectivity index (χ0n) is 15.1. The normalized spacial score (nSPS) is 11.0. The number of halogens is 2. The molecule has 0 unspecified atom stereocenters. The fourth-order valence-electron chi connectivity index (χ4n) is 2.92. The number of methoxy groups -OCH3 is 1. The van der Waals surface area contributed by atoms with Gasteiger partial charge >= 0.3 is 0 Å². The number of benzene rings is 2. The van der Waals surface area contributed by atoms with E-state index in [0.717, 1.165) is 33.9 Å². The third-order valence-electron chi connectivity index (χ3n) is 4.32.